The summed E-state index contributed by atoms with van der Waals surface area (Å²) < 4.78 is 27.8. The molecule has 0 fully saturated rings. The highest BCUT2D eigenvalue weighted by Gasteiger charge is 2.28. The Morgan fingerprint density at radius 1 is 1.00 bits per heavy atom. The molecular formula is C24H33N3O4S2. The number of fused-ring (bicyclic) bond motifs is 1. The quantitative estimate of drug-likeness (QED) is 0.486. The Bertz CT molecular complexity index is 1080. The zero-order valence-corrected chi connectivity index (χ0v) is 21.2. The van der Waals surface area contributed by atoms with Crippen molar-refractivity contribution in [1.29, 1.82) is 0 Å². The van der Waals surface area contributed by atoms with E-state index in [-0.39, 0.29) is 16.7 Å². The van der Waals surface area contributed by atoms with Crippen LogP contribution in [0.5, 0.6) is 0 Å². The number of benzene rings is 1. The van der Waals surface area contributed by atoms with E-state index in [1.165, 1.54) is 39.9 Å². The van der Waals surface area contributed by atoms with Crippen LogP contribution in [-0.4, -0.2) is 44.7 Å². The van der Waals surface area contributed by atoms with Crippen molar-refractivity contribution in [3.63, 3.8) is 0 Å². The lowest BCUT2D eigenvalue weighted by molar-refractivity contribution is 0.0963. The molecule has 0 unspecified atom stereocenters. The molecule has 0 aliphatic heterocycles. The van der Waals surface area contributed by atoms with Crippen molar-refractivity contribution in [3.05, 3.63) is 45.8 Å². The van der Waals surface area contributed by atoms with Crippen LogP contribution in [0.25, 0.3) is 0 Å². The summed E-state index contributed by atoms with van der Waals surface area (Å²) in [4.78, 5) is 26.6. The molecule has 0 saturated heterocycles. The SMILES string of the molecule is CCCCN(CCCC)S(=O)(=O)c1ccc(C(=O)Nc2sc3c(c2C(=O)NC)CCC3)cc1. The van der Waals surface area contributed by atoms with E-state index in [0.717, 1.165) is 55.4 Å². The maximum Gasteiger partial charge on any atom is 0.256 e. The normalized spacial score (nSPS) is 13.2. The Labute approximate surface area is 200 Å². The number of unbranched alkanes of at least 4 members (excludes halogenated alkanes) is 2. The van der Waals surface area contributed by atoms with Crippen molar-refractivity contribution in [1.82, 2.24) is 9.62 Å². The lowest BCUT2D eigenvalue weighted by Crippen LogP contribution is -2.33. The Hall–Kier alpha value is -2.23. The largest absolute Gasteiger partial charge is 0.355 e. The number of sulfonamides is 1. The molecule has 1 aliphatic carbocycles. The molecule has 180 valence electrons. The molecule has 1 heterocycles. The first-order chi connectivity index (χ1) is 15.8. The molecule has 1 aromatic carbocycles. The molecule has 9 heteroatoms. The van der Waals surface area contributed by atoms with E-state index >= 15 is 0 Å². The average Bonchev–Trinajstić information content (AvgIpc) is 3.39. The van der Waals surface area contributed by atoms with Gasteiger partial charge in [0.2, 0.25) is 10.0 Å². The lowest BCUT2D eigenvalue weighted by Gasteiger charge is -2.22. The van der Waals surface area contributed by atoms with Gasteiger partial charge in [-0.05, 0) is 61.9 Å². The highest BCUT2D eigenvalue weighted by Crippen LogP contribution is 2.39. The van der Waals surface area contributed by atoms with E-state index < -0.39 is 10.0 Å². The third-order valence-corrected chi connectivity index (χ3v) is 9.00. The number of aryl methyl sites for hydroxylation is 1. The van der Waals surface area contributed by atoms with Gasteiger partial charge in [0.1, 0.15) is 5.00 Å². The van der Waals surface area contributed by atoms with Gasteiger partial charge in [-0.15, -0.1) is 11.3 Å². The highest BCUT2D eigenvalue weighted by atomic mass is 32.2. The Morgan fingerprint density at radius 3 is 2.21 bits per heavy atom. The summed E-state index contributed by atoms with van der Waals surface area (Å²) >= 11 is 1.45. The third-order valence-electron chi connectivity index (χ3n) is 5.88. The number of rotatable bonds is 11. The Kier molecular flexibility index (Phi) is 8.67. The van der Waals surface area contributed by atoms with E-state index in [2.05, 4.69) is 10.6 Å². The van der Waals surface area contributed by atoms with E-state index in [0.29, 0.717) is 29.2 Å². The third kappa shape index (κ3) is 5.65. The summed E-state index contributed by atoms with van der Waals surface area (Å²) in [5.74, 6) is -0.566. The number of hydrogen-bond donors (Lipinski definition) is 2. The minimum absolute atomic E-state index is 0.187. The number of amides is 2. The number of nitrogens with zero attached hydrogens (tertiary/aromatic N) is 1. The van der Waals surface area contributed by atoms with E-state index in [4.69, 9.17) is 0 Å². The molecule has 0 radical (unpaired) electrons. The number of carbonyl (C=O) groups excluding carboxylic acids is 2. The maximum atomic E-state index is 13.1. The van der Waals surface area contributed by atoms with Crippen LogP contribution in [0.3, 0.4) is 0 Å². The highest BCUT2D eigenvalue weighted by molar-refractivity contribution is 7.89. The van der Waals surface area contributed by atoms with Crippen LogP contribution in [0.4, 0.5) is 5.00 Å². The van der Waals surface area contributed by atoms with Crippen LogP contribution in [-0.2, 0) is 22.9 Å². The van der Waals surface area contributed by atoms with Gasteiger partial charge in [-0.2, -0.15) is 4.31 Å². The summed E-state index contributed by atoms with van der Waals surface area (Å²) in [7, 11) is -2.04. The second-order valence-electron chi connectivity index (χ2n) is 8.23. The molecule has 2 amide bonds. The first-order valence-electron chi connectivity index (χ1n) is 11.6. The van der Waals surface area contributed by atoms with Crippen LogP contribution in [0.15, 0.2) is 29.2 Å². The number of thiophene rings is 1. The topological polar surface area (TPSA) is 95.6 Å². The Balaban J connectivity index is 1.79. The van der Waals surface area contributed by atoms with Gasteiger partial charge < -0.3 is 10.6 Å². The molecule has 2 N–H and O–H groups in total. The molecule has 1 aliphatic rings. The van der Waals surface area contributed by atoms with Crippen LogP contribution in [0.1, 0.15) is 77.1 Å². The van der Waals surface area contributed by atoms with Crippen LogP contribution < -0.4 is 10.6 Å². The summed E-state index contributed by atoms with van der Waals surface area (Å²) in [5, 5.41) is 6.07. The molecule has 2 aromatic rings. The zero-order chi connectivity index (χ0) is 24.0. The summed E-state index contributed by atoms with van der Waals surface area (Å²) in [6, 6.07) is 6.04. The number of carbonyl (C=O) groups is 2. The molecular weight excluding hydrogens is 458 g/mol. The predicted octanol–water partition coefficient (Wildman–Crippen LogP) is 4.44. The number of anilines is 1. The van der Waals surface area contributed by atoms with Crippen molar-refractivity contribution < 1.29 is 18.0 Å². The van der Waals surface area contributed by atoms with Crippen molar-refractivity contribution in [3.8, 4) is 0 Å². The standard InChI is InChI=1S/C24H33N3O4S2/c1-4-6-15-27(16-7-5-2)33(30,31)18-13-11-17(12-14-18)22(28)26-24-21(23(29)25-3)19-9-8-10-20(19)32-24/h11-14H,4-10,15-16H2,1-3H3,(H,25,29)(H,26,28). The molecule has 33 heavy (non-hydrogen) atoms. The molecule has 7 nitrogen and oxygen atoms in total. The Morgan fingerprint density at radius 2 is 1.64 bits per heavy atom. The van der Waals surface area contributed by atoms with Crippen molar-refractivity contribution in [2.24, 2.45) is 0 Å². The van der Waals surface area contributed by atoms with Gasteiger partial charge in [-0.25, -0.2) is 8.42 Å². The summed E-state index contributed by atoms with van der Waals surface area (Å²) in [6.07, 6.45) is 6.22. The van der Waals surface area contributed by atoms with E-state index in [9.17, 15) is 18.0 Å². The maximum absolute atomic E-state index is 13.1. The summed E-state index contributed by atoms with van der Waals surface area (Å²) in [5.41, 5.74) is 1.92. The van der Waals surface area contributed by atoms with Gasteiger partial charge in [-0.3, -0.25) is 9.59 Å². The van der Waals surface area contributed by atoms with Gasteiger partial charge in [0.05, 0.1) is 10.5 Å². The molecule has 0 bridgehead atoms. The predicted molar refractivity (Wildman–Crippen MR) is 133 cm³/mol. The minimum atomic E-state index is -3.62. The van der Waals surface area contributed by atoms with Gasteiger partial charge >= 0.3 is 0 Å². The fraction of sp³-hybridized carbons (Fsp3) is 0.500. The number of hydrogen-bond acceptors (Lipinski definition) is 5. The average molecular weight is 492 g/mol. The lowest BCUT2D eigenvalue weighted by atomic mass is 10.1. The molecule has 3 rings (SSSR count). The van der Waals surface area contributed by atoms with Crippen molar-refractivity contribution >= 4 is 38.2 Å². The number of nitrogens with one attached hydrogen (secondary N) is 2. The van der Waals surface area contributed by atoms with Gasteiger partial charge in [0, 0.05) is 30.6 Å². The zero-order valence-electron chi connectivity index (χ0n) is 19.6. The van der Waals surface area contributed by atoms with E-state index in [1.54, 1.807) is 7.05 Å². The molecule has 0 spiro atoms. The van der Waals surface area contributed by atoms with Crippen molar-refractivity contribution in [2.75, 3.05) is 25.5 Å². The van der Waals surface area contributed by atoms with Crippen LogP contribution in [0.2, 0.25) is 0 Å². The monoisotopic (exact) mass is 491 g/mol. The van der Waals surface area contributed by atoms with Gasteiger partial charge in [0.25, 0.3) is 11.8 Å². The van der Waals surface area contributed by atoms with Crippen LogP contribution >= 0.6 is 11.3 Å². The van der Waals surface area contributed by atoms with Crippen molar-refractivity contribution in [2.45, 2.75) is 63.7 Å². The summed E-state index contributed by atoms with van der Waals surface area (Å²) in [6.45, 7) is 5.06. The molecule has 0 atom stereocenters. The van der Waals surface area contributed by atoms with Gasteiger partial charge in [0.15, 0.2) is 0 Å². The smallest absolute Gasteiger partial charge is 0.256 e. The molecule has 0 saturated carbocycles. The minimum Gasteiger partial charge on any atom is -0.355 e. The fourth-order valence-electron chi connectivity index (χ4n) is 3.98. The fourth-order valence-corrected chi connectivity index (χ4v) is 6.78. The van der Waals surface area contributed by atoms with Gasteiger partial charge in [-0.1, -0.05) is 26.7 Å². The second-order valence-corrected chi connectivity index (χ2v) is 11.3. The second kappa shape index (κ2) is 11.3. The first-order valence-corrected chi connectivity index (χ1v) is 13.9. The van der Waals surface area contributed by atoms with E-state index in [1.807, 2.05) is 13.8 Å². The molecule has 1 aromatic heterocycles. The van der Waals surface area contributed by atoms with Crippen LogP contribution in [0, 0.1) is 0 Å². The first kappa shape index (κ1) is 25.4.